The largest absolute Gasteiger partial charge is 0.399 e. The van der Waals surface area contributed by atoms with Gasteiger partial charge in [-0.1, -0.05) is 11.6 Å². The third kappa shape index (κ3) is 3.19. The van der Waals surface area contributed by atoms with Gasteiger partial charge < -0.3 is 16.4 Å². The summed E-state index contributed by atoms with van der Waals surface area (Å²) in [5.41, 5.74) is 12.8. The maximum Gasteiger partial charge on any atom is 0.250 e. The molecule has 4 N–H and O–H groups in total. The van der Waals surface area contributed by atoms with E-state index in [9.17, 15) is 4.79 Å². The molecular formula is C13H14ClN3OS. The van der Waals surface area contributed by atoms with Crippen LogP contribution in [0.1, 0.15) is 15.2 Å². The zero-order chi connectivity index (χ0) is 14.0. The highest BCUT2D eigenvalue weighted by atomic mass is 35.5. The molecule has 0 spiro atoms. The lowest BCUT2D eigenvalue weighted by atomic mass is 10.1. The summed E-state index contributed by atoms with van der Waals surface area (Å²) >= 11 is 7.41. The number of rotatable bonds is 4. The molecule has 0 bridgehead atoms. The lowest BCUT2D eigenvalue weighted by molar-refractivity contribution is 0.100. The first-order chi connectivity index (χ1) is 8.97. The number of primary amides is 1. The molecule has 19 heavy (non-hydrogen) atoms. The molecule has 4 nitrogen and oxygen atoms in total. The van der Waals surface area contributed by atoms with Crippen LogP contribution in [0.2, 0.25) is 4.34 Å². The third-order valence-electron chi connectivity index (χ3n) is 2.72. The highest BCUT2D eigenvalue weighted by molar-refractivity contribution is 7.16. The predicted octanol–water partition coefficient (Wildman–Crippen LogP) is 2.72. The topological polar surface area (TPSA) is 72.3 Å². The van der Waals surface area contributed by atoms with Crippen LogP contribution in [0.25, 0.3) is 0 Å². The van der Waals surface area contributed by atoms with Crippen molar-refractivity contribution in [1.82, 2.24) is 0 Å². The SMILES string of the molecule is CN(Cc1ccc(Cl)s1)c1ccc(N)cc1C(N)=O. The molecule has 0 unspecified atom stereocenters. The molecule has 1 aromatic heterocycles. The summed E-state index contributed by atoms with van der Waals surface area (Å²) in [7, 11) is 1.89. The first-order valence-electron chi connectivity index (χ1n) is 5.62. The van der Waals surface area contributed by atoms with Crippen LogP contribution in [0.15, 0.2) is 30.3 Å². The summed E-state index contributed by atoms with van der Waals surface area (Å²) < 4.78 is 0.746. The molecule has 0 aliphatic rings. The summed E-state index contributed by atoms with van der Waals surface area (Å²) in [6.07, 6.45) is 0. The van der Waals surface area contributed by atoms with E-state index in [2.05, 4.69) is 0 Å². The number of amides is 1. The number of hydrogen-bond donors (Lipinski definition) is 2. The van der Waals surface area contributed by atoms with Gasteiger partial charge in [0.25, 0.3) is 5.91 Å². The molecule has 0 saturated heterocycles. The van der Waals surface area contributed by atoms with Gasteiger partial charge in [0.2, 0.25) is 0 Å². The van der Waals surface area contributed by atoms with Crippen molar-refractivity contribution in [3.8, 4) is 0 Å². The molecule has 1 aromatic carbocycles. The van der Waals surface area contributed by atoms with E-state index in [1.54, 1.807) is 18.2 Å². The van der Waals surface area contributed by atoms with E-state index < -0.39 is 5.91 Å². The summed E-state index contributed by atoms with van der Waals surface area (Å²) in [6.45, 7) is 0.654. The van der Waals surface area contributed by atoms with E-state index in [1.807, 2.05) is 24.1 Å². The summed E-state index contributed by atoms with van der Waals surface area (Å²) in [4.78, 5) is 14.5. The molecular weight excluding hydrogens is 282 g/mol. The van der Waals surface area contributed by atoms with Crippen LogP contribution in [0.5, 0.6) is 0 Å². The van der Waals surface area contributed by atoms with Crippen molar-refractivity contribution in [2.75, 3.05) is 17.7 Å². The van der Waals surface area contributed by atoms with Gasteiger partial charge in [-0.15, -0.1) is 11.3 Å². The van der Waals surface area contributed by atoms with E-state index in [1.165, 1.54) is 11.3 Å². The van der Waals surface area contributed by atoms with Gasteiger partial charge in [-0.05, 0) is 30.3 Å². The molecule has 2 aromatic rings. The first kappa shape index (κ1) is 13.7. The number of anilines is 2. The minimum atomic E-state index is -0.488. The van der Waals surface area contributed by atoms with Crippen LogP contribution < -0.4 is 16.4 Å². The number of nitrogens with two attached hydrogens (primary N) is 2. The van der Waals surface area contributed by atoms with Gasteiger partial charge in [0, 0.05) is 23.3 Å². The van der Waals surface area contributed by atoms with Crippen molar-refractivity contribution >= 4 is 40.2 Å². The van der Waals surface area contributed by atoms with Crippen LogP contribution in [0.3, 0.4) is 0 Å². The van der Waals surface area contributed by atoms with Crippen LogP contribution in [-0.4, -0.2) is 13.0 Å². The number of carbonyl (C=O) groups excluding carboxylic acids is 1. The second-order valence-corrected chi connectivity index (χ2v) is 6.00. The van der Waals surface area contributed by atoms with Gasteiger partial charge in [-0.3, -0.25) is 4.79 Å². The second kappa shape index (κ2) is 5.50. The Labute approximate surface area is 120 Å². The zero-order valence-electron chi connectivity index (χ0n) is 10.4. The van der Waals surface area contributed by atoms with Gasteiger partial charge in [-0.25, -0.2) is 0 Å². The number of benzene rings is 1. The molecule has 0 aliphatic heterocycles. The highest BCUT2D eigenvalue weighted by Crippen LogP contribution is 2.27. The Hall–Kier alpha value is -1.72. The average molecular weight is 296 g/mol. The van der Waals surface area contributed by atoms with Crippen LogP contribution in [0.4, 0.5) is 11.4 Å². The Bertz CT molecular complexity index is 612. The molecule has 2 rings (SSSR count). The van der Waals surface area contributed by atoms with E-state index in [0.29, 0.717) is 17.8 Å². The van der Waals surface area contributed by atoms with Crippen molar-refractivity contribution in [2.24, 2.45) is 5.73 Å². The number of nitrogens with zero attached hydrogens (tertiary/aromatic N) is 1. The Balaban J connectivity index is 2.28. The maximum absolute atomic E-state index is 11.5. The molecule has 0 radical (unpaired) electrons. The minimum Gasteiger partial charge on any atom is -0.399 e. The Morgan fingerprint density at radius 2 is 2.11 bits per heavy atom. The summed E-state index contributed by atoms with van der Waals surface area (Å²) in [6, 6.07) is 8.96. The summed E-state index contributed by atoms with van der Waals surface area (Å²) in [5.74, 6) is -0.488. The molecule has 0 atom stereocenters. The molecule has 0 aliphatic carbocycles. The quantitative estimate of drug-likeness (QED) is 0.852. The molecule has 1 heterocycles. The lowest BCUT2D eigenvalue weighted by Gasteiger charge is -2.21. The third-order valence-corrected chi connectivity index (χ3v) is 3.94. The minimum absolute atomic E-state index is 0.421. The first-order valence-corrected chi connectivity index (χ1v) is 6.81. The molecule has 1 amide bonds. The zero-order valence-corrected chi connectivity index (χ0v) is 12.0. The van der Waals surface area contributed by atoms with Gasteiger partial charge in [0.15, 0.2) is 0 Å². The fraction of sp³-hybridized carbons (Fsp3) is 0.154. The van der Waals surface area contributed by atoms with Crippen LogP contribution in [0, 0.1) is 0 Å². The average Bonchev–Trinajstić information content (AvgIpc) is 2.74. The highest BCUT2D eigenvalue weighted by Gasteiger charge is 2.13. The number of halogens is 1. The smallest absolute Gasteiger partial charge is 0.250 e. The molecule has 0 saturated carbocycles. The Morgan fingerprint density at radius 3 is 2.68 bits per heavy atom. The van der Waals surface area contributed by atoms with Gasteiger partial charge >= 0.3 is 0 Å². The number of thiophene rings is 1. The monoisotopic (exact) mass is 295 g/mol. The van der Waals surface area contributed by atoms with Crippen LogP contribution >= 0.6 is 22.9 Å². The Kier molecular flexibility index (Phi) is 3.97. The number of nitrogen functional groups attached to an aromatic ring is 1. The van der Waals surface area contributed by atoms with Gasteiger partial charge in [0.05, 0.1) is 16.4 Å². The van der Waals surface area contributed by atoms with Crippen molar-refractivity contribution < 1.29 is 4.79 Å². The second-order valence-electron chi connectivity index (χ2n) is 4.20. The predicted molar refractivity (Wildman–Crippen MR) is 80.8 cm³/mol. The number of carbonyl (C=O) groups is 1. The standard InChI is InChI=1S/C13H14ClN3OS/c1-17(7-9-3-5-12(14)19-9)11-4-2-8(15)6-10(11)13(16)18/h2-6H,7,15H2,1H3,(H2,16,18). The van der Waals surface area contributed by atoms with Crippen LogP contribution in [-0.2, 0) is 6.54 Å². The molecule has 0 fully saturated rings. The summed E-state index contributed by atoms with van der Waals surface area (Å²) in [5, 5.41) is 0. The molecule has 100 valence electrons. The van der Waals surface area contributed by atoms with Crippen molar-refractivity contribution in [2.45, 2.75) is 6.54 Å². The lowest BCUT2D eigenvalue weighted by Crippen LogP contribution is -2.21. The van der Waals surface area contributed by atoms with E-state index >= 15 is 0 Å². The Morgan fingerprint density at radius 1 is 1.37 bits per heavy atom. The van der Waals surface area contributed by atoms with Crippen molar-refractivity contribution in [3.05, 3.63) is 45.1 Å². The van der Waals surface area contributed by atoms with E-state index in [4.69, 9.17) is 23.1 Å². The fourth-order valence-corrected chi connectivity index (χ4v) is 2.98. The normalized spacial score (nSPS) is 10.4. The van der Waals surface area contributed by atoms with E-state index in [0.717, 1.165) is 14.9 Å². The van der Waals surface area contributed by atoms with Crippen molar-refractivity contribution in [3.63, 3.8) is 0 Å². The van der Waals surface area contributed by atoms with Gasteiger partial charge in [-0.2, -0.15) is 0 Å². The molecule has 6 heteroatoms. The number of hydrogen-bond acceptors (Lipinski definition) is 4. The van der Waals surface area contributed by atoms with Gasteiger partial charge in [0.1, 0.15) is 0 Å². The maximum atomic E-state index is 11.5. The van der Waals surface area contributed by atoms with E-state index in [-0.39, 0.29) is 0 Å². The van der Waals surface area contributed by atoms with Crippen molar-refractivity contribution in [1.29, 1.82) is 0 Å². The fourth-order valence-electron chi connectivity index (χ4n) is 1.84.